The summed E-state index contributed by atoms with van der Waals surface area (Å²) < 4.78 is 21.2. The highest BCUT2D eigenvalue weighted by Gasteiger charge is 2.14. The zero-order valence-electron chi connectivity index (χ0n) is 9.25. The van der Waals surface area contributed by atoms with E-state index in [1.165, 1.54) is 12.1 Å². The molecule has 10 heteroatoms. The minimum atomic E-state index is -3.54. The van der Waals surface area contributed by atoms with E-state index in [1.807, 2.05) is 0 Å². The lowest BCUT2D eigenvalue weighted by Gasteiger charge is -2.01. The summed E-state index contributed by atoms with van der Waals surface area (Å²) in [6.45, 7) is 0.113. The predicted molar refractivity (Wildman–Crippen MR) is 62.4 cm³/mol. The van der Waals surface area contributed by atoms with Crippen LogP contribution in [0.5, 0.6) is 0 Å². The lowest BCUT2D eigenvalue weighted by molar-refractivity contribution is -0.389. The highest BCUT2D eigenvalue weighted by Crippen LogP contribution is 2.09. The molecule has 0 bridgehead atoms. The van der Waals surface area contributed by atoms with Crippen LogP contribution in [0.4, 0.5) is 5.82 Å². The molecule has 0 saturated carbocycles. The molecule has 0 fully saturated rings. The van der Waals surface area contributed by atoms with Crippen molar-refractivity contribution in [1.29, 1.82) is 0 Å². The Labute approximate surface area is 103 Å². The highest BCUT2D eigenvalue weighted by molar-refractivity contribution is 7.89. The Morgan fingerprint density at radius 3 is 2.67 bits per heavy atom. The van der Waals surface area contributed by atoms with Gasteiger partial charge in [0.05, 0.1) is 5.75 Å². The second-order valence-corrected chi connectivity index (χ2v) is 5.22. The molecule has 1 rings (SSSR count). The van der Waals surface area contributed by atoms with Crippen LogP contribution >= 0.6 is 0 Å². The molecule has 0 saturated heterocycles. The second-order valence-electron chi connectivity index (χ2n) is 3.49. The average Bonchev–Trinajstić information content (AvgIpc) is 2.72. The number of sulfonamides is 1. The van der Waals surface area contributed by atoms with Crippen molar-refractivity contribution < 1.29 is 18.1 Å². The number of nitrogens with zero attached hydrogens (tertiary/aromatic N) is 1. The van der Waals surface area contributed by atoms with Crippen LogP contribution in [0.1, 0.15) is 16.9 Å². The van der Waals surface area contributed by atoms with Crippen molar-refractivity contribution in [2.24, 2.45) is 5.14 Å². The predicted octanol–water partition coefficient (Wildman–Crippen LogP) is -0.669. The van der Waals surface area contributed by atoms with Gasteiger partial charge in [-0.25, -0.2) is 18.5 Å². The molecule has 0 spiro atoms. The molecular weight excluding hydrogens is 264 g/mol. The van der Waals surface area contributed by atoms with E-state index in [0.717, 1.165) is 0 Å². The molecule has 0 unspecified atom stereocenters. The molecule has 0 atom stereocenters. The van der Waals surface area contributed by atoms with Crippen LogP contribution in [0.25, 0.3) is 0 Å². The summed E-state index contributed by atoms with van der Waals surface area (Å²) in [4.78, 5) is 23.5. The van der Waals surface area contributed by atoms with E-state index in [2.05, 4.69) is 10.3 Å². The number of nitrogens with two attached hydrogens (primary N) is 1. The van der Waals surface area contributed by atoms with Crippen LogP contribution < -0.4 is 10.5 Å². The van der Waals surface area contributed by atoms with E-state index in [-0.39, 0.29) is 30.2 Å². The van der Waals surface area contributed by atoms with E-state index in [0.29, 0.717) is 0 Å². The van der Waals surface area contributed by atoms with Crippen LogP contribution in [-0.2, 0) is 10.0 Å². The highest BCUT2D eigenvalue weighted by atomic mass is 32.2. The average molecular weight is 276 g/mol. The summed E-state index contributed by atoms with van der Waals surface area (Å²) in [7, 11) is -3.54. The maximum atomic E-state index is 11.5. The number of nitrogens with one attached hydrogen (secondary N) is 2. The molecule has 9 nitrogen and oxygen atoms in total. The Balaban J connectivity index is 2.43. The SMILES string of the molecule is NS(=O)(=O)CCCNC(=O)c1ccc([N+](=O)[O-])[nH]1. The smallest absolute Gasteiger partial charge is 0.321 e. The van der Waals surface area contributed by atoms with Crippen molar-refractivity contribution >= 4 is 21.7 Å². The first kappa shape index (κ1) is 14.1. The number of aromatic nitrogens is 1. The third-order valence-corrected chi connectivity index (χ3v) is 2.86. The van der Waals surface area contributed by atoms with Crippen LogP contribution in [0.15, 0.2) is 12.1 Å². The molecule has 0 aliphatic rings. The molecule has 0 aromatic carbocycles. The van der Waals surface area contributed by atoms with Gasteiger partial charge in [-0.1, -0.05) is 0 Å². The quantitative estimate of drug-likeness (QED) is 0.358. The van der Waals surface area contributed by atoms with E-state index < -0.39 is 20.9 Å². The van der Waals surface area contributed by atoms with Crippen molar-refractivity contribution in [1.82, 2.24) is 10.3 Å². The van der Waals surface area contributed by atoms with Gasteiger partial charge in [0, 0.05) is 12.6 Å². The van der Waals surface area contributed by atoms with Gasteiger partial charge in [-0.2, -0.15) is 0 Å². The summed E-state index contributed by atoms with van der Waals surface area (Å²) in [6, 6.07) is 2.44. The van der Waals surface area contributed by atoms with Crippen molar-refractivity contribution in [3.63, 3.8) is 0 Å². The van der Waals surface area contributed by atoms with Gasteiger partial charge in [-0.3, -0.25) is 4.79 Å². The number of carbonyl (C=O) groups excluding carboxylic acids is 1. The lowest BCUT2D eigenvalue weighted by Crippen LogP contribution is -2.27. The molecular formula is C8H12N4O5S. The molecule has 0 aliphatic carbocycles. The Morgan fingerprint density at radius 1 is 1.50 bits per heavy atom. The largest absolute Gasteiger partial charge is 0.358 e. The monoisotopic (exact) mass is 276 g/mol. The van der Waals surface area contributed by atoms with E-state index >= 15 is 0 Å². The van der Waals surface area contributed by atoms with Gasteiger partial charge in [0.1, 0.15) is 0 Å². The van der Waals surface area contributed by atoms with Gasteiger partial charge in [-0.05, 0) is 17.4 Å². The summed E-state index contributed by atoms with van der Waals surface area (Å²) >= 11 is 0. The Morgan fingerprint density at radius 2 is 2.17 bits per heavy atom. The molecule has 18 heavy (non-hydrogen) atoms. The first-order chi connectivity index (χ1) is 8.29. The number of hydrogen-bond acceptors (Lipinski definition) is 5. The minimum absolute atomic E-state index is 0.0392. The zero-order valence-corrected chi connectivity index (χ0v) is 10.1. The zero-order chi connectivity index (χ0) is 13.8. The summed E-state index contributed by atoms with van der Waals surface area (Å²) in [6.07, 6.45) is 0.174. The number of rotatable bonds is 6. The van der Waals surface area contributed by atoms with Crippen LogP contribution in [-0.4, -0.2) is 36.5 Å². The standard InChI is InChI=1S/C8H12N4O5S/c9-18(16,17)5-1-4-10-8(13)6-2-3-7(11-6)12(14)15/h2-3,11H,1,4-5H2,(H,10,13)(H2,9,16,17). The van der Waals surface area contributed by atoms with Gasteiger partial charge < -0.3 is 15.4 Å². The summed E-state index contributed by atoms with van der Waals surface area (Å²) in [5, 5.41) is 17.6. The Bertz CT molecular complexity index is 550. The maximum absolute atomic E-state index is 11.5. The van der Waals surface area contributed by atoms with Crippen molar-refractivity contribution in [3.05, 3.63) is 27.9 Å². The molecule has 1 aromatic heterocycles. The maximum Gasteiger partial charge on any atom is 0.321 e. The number of amides is 1. The van der Waals surface area contributed by atoms with E-state index in [9.17, 15) is 23.3 Å². The third-order valence-electron chi connectivity index (χ3n) is 2.00. The van der Waals surface area contributed by atoms with Crippen molar-refractivity contribution in [2.45, 2.75) is 6.42 Å². The van der Waals surface area contributed by atoms with Gasteiger partial charge >= 0.3 is 5.82 Å². The molecule has 1 heterocycles. The summed E-state index contributed by atoms with van der Waals surface area (Å²) in [5.41, 5.74) is 0.0392. The molecule has 0 radical (unpaired) electrons. The molecule has 1 aromatic rings. The lowest BCUT2D eigenvalue weighted by atomic mass is 10.4. The number of carbonyl (C=O) groups is 1. The number of primary sulfonamides is 1. The number of nitro groups is 1. The van der Waals surface area contributed by atoms with Gasteiger partial charge in [0.15, 0.2) is 5.69 Å². The van der Waals surface area contributed by atoms with E-state index in [1.54, 1.807) is 0 Å². The number of aromatic amines is 1. The van der Waals surface area contributed by atoms with Gasteiger partial charge in [0.25, 0.3) is 5.91 Å². The summed E-state index contributed by atoms with van der Waals surface area (Å²) in [5.74, 6) is -1.07. The molecule has 100 valence electrons. The van der Waals surface area contributed by atoms with Crippen LogP contribution in [0, 0.1) is 10.1 Å². The molecule has 1 amide bonds. The fourth-order valence-corrected chi connectivity index (χ4v) is 1.74. The van der Waals surface area contributed by atoms with Crippen molar-refractivity contribution in [3.8, 4) is 0 Å². The van der Waals surface area contributed by atoms with Crippen LogP contribution in [0.2, 0.25) is 0 Å². The fraction of sp³-hybridized carbons (Fsp3) is 0.375. The number of hydrogen-bond donors (Lipinski definition) is 3. The second kappa shape index (κ2) is 5.60. The Hall–Kier alpha value is -1.94. The molecule has 4 N–H and O–H groups in total. The fourth-order valence-electron chi connectivity index (χ4n) is 1.19. The van der Waals surface area contributed by atoms with Gasteiger partial charge in [-0.15, -0.1) is 0 Å². The molecule has 0 aliphatic heterocycles. The first-order valence-electron chi connectivity index (χ1n) is 4.91. The van der Waals surface area contributed by atoms with Gasteiger partial charge in [0.2, 0.25) is 10.0 Å². The third kappa shape index (κ3) is 4.51. The topological polar surface area (TPSA) is 148 Å². The van der Waals surface area contributed by atoms with E-state index in [4.69, 9.17) is 5.14 Å². The minimum Gasteiger partial charge on any atom is -0.358 e. The van der Waals surface area contributed by atoms with Crippen molar-refractivity contribution in [2.75, 3.05) is 12.3 Å². The van der Waals surface area contributed by atoms with Crippen LogP contribution in [0.3, 0.4) is 0 Å². The number of H-pyrrole nitrogens is 1. The normalized spacial score (nSPS) is 11.2. The first-order valence-corrected chi connectivity index (χ1v) is 6.63. The Kier molecular flexibility index (Phi) is 4.39.